The van der Waals surface area contributed by atoms with Crippen molar-refractivity contribution >= 4 is 5.97 Å². The molecule has 9 unspecified atom stereocenters. The molecule has 9 atom stereocenters. The second kappa shape index (κ2) is 9.77. The van der Waals surface area contributed by atoms with Crippen LogP contribution < -0.4 is 0 Å². The van der Waals surface area contributed by atoms with Crippen LogP contribution in [0.25, 0.3) is 0 Å². The average molecular weight is 466 g/mol. The highest BCUT2D eigenvalue weighted by Gasteiger charge is 2.48. The van der Waals surface area contributed by atoms with Crippen molar-refractivity contribution in [3.8, 4) is 5.75 Å². The number of hydrogen-bond acceptors (Lipinski definition) is 11. The number of aliphatic hydroxyl groups is 5. The number of rotatable bonds is 6. The number of aromatic hydroxyl groups is 1. The zero-order valence-corrected chi connectivity index (χ0v) is 17.4. The second-order valence-electron chi connectivity index (χ2n) is 8.13. The quantitative estimate of drug-likeness (QED) is 0.219. The van der Waals surface area contributed by atoms with Crippen molar-refractivity contribution in [2.45, 2.75) is 43.1 Å². The number of benzene rings is 1. The Kier molecular flexibility index (Phi) is 7.00. The summed E-state index contributed by atoms with van der Waals surface area (Å²) in [6.45, 7) is -0.786. The molecule has 0 spiro atoms. The third-order valence-electron chi connectivity index (χ3n) is 6.01. The van der Waals surface area contributed by atoms with Crippen molar-refractivity contribution in [1.82, 2.24) is 0 Å². The van der Waals surface area contributed by atoms with E-state index in [-0.39, 0.29) is 17.9 Å². The van der Waals surface area contributed by atoms with Gasteiger partial charge in [0, 0.05) is 11.8 Å². The van der Waals surface area contributed by atoms with Crippen LogP contribution in [0.2, 0.25) is 0 Å². The van der Waals surface area contributed by atoms with Crippen LogP contribution in [-0.2, 0) is 18.9 Å². The lowest BCUT2D eigenvalue weighted by Crippen LogP contribution is -2.60. The summed E-state index contributed by atoms with van der Waals surface area (Å²) in [6, 6.07) is 5.55. The molecule has 1 aromatic carbocycles. The summed E-state index contributed by atoms with van der Waals surface area (Å²) in [6.07, 6.45) is -4.66. The maximum absolute atomic E-state index is 12.2. The molecule has 2 heterocycles. The highest BCUT2D eigenvalue weighted by atomic mass is 16.8. The van der Waals surface area contributed by atoms with Crippen LogP contribution in [0, 0.1) is 11.8 Å². The summed E-state index contributed by atoms with van der Waals surface area (Å²) in [5.74, 6) is -1.60. The number of carbonyl (C=O) groups excluding carboxylic acids is 1. The van der Waals surface area contributed by atoms with Crippen LogP contribution in [0.15, 0.2) is 48.3 Å². The van der Waals surface area contributed by atoms with Gasteiger partial charge in [-0.1, -0.05) is 6.08 Å². The SMILES string of the molecule is O=C(OCC1=CC2C(OC3OC(CO)C(O)C(O)C3O)OC=CC2C1O)c1ccc(O)cc1. The van der Waals surface area contributed by atoms with Crippen molar-refractivity contribution in [3.63, 3.8) is 0 Å². The molecular weight excluding hydrogens is 440 g/mol. The van der Waals surface area contributed by atoms with E-state index in [0.717, 1.165) is 0 Å². The van der Waals surface area contributed by atoms with Gasteiger partial charge in [0.05, 0.1) is 24.5 Å². The maximum Gasteiger partial charge on any atom is 0.338 e. The molecule has 2 aliphatic heterocycles. The zero-order valence-electron chi connectivity index (χ0n) is 17.4. The highest BCUT2D eigenvalue weighted by molar-refractivity contribution is 5.89. The van der Waals surface area contributed by atoms with Crippen molar-refractivity contribution in [2.75, 3.05) is 13.2 Å². The molecule has 0 aromatic heterocycles. The number of ether oxygens (including phenoxy) is 4. The van der Waals surface area contributed by atoms with Gasteiger partial charge in [0.2, 0.25) is 6.29 Å². The van der Waals surface area contributed by atoms with Gasteiger partial charge >= 0.3 is 5.97 Å². The predicted molar refractivity (Wildman–Crippen MR) is 108 cm³/mol. The maximum atomic E-state index is 12.2. The summed E-state index contributed by atoms with van der Waals surface area (Å²) >= 11 is 0. The Bertz CT molecular complexity index is 896. The van der Waals surface area contributed by atoms with Gasteiger partial charge in [-0.3, -0.25) is 0 Å². The smallest absolute Gasteiger partial charge is 0.338 e. The number of esters is 1. The number of phenolic OH excluding ortho intramolecular Hbond substituents is 1. The molecule has 11 heteroatoms. The van der Waals surface area contributed by atoms with Crippen LogP contribution >= 0.6 is 0 Å². The molecule has 11 nitrogen and oxygen atoms in total. The van der Waals surface area contributed by atoms with Gasteiger partial charge in [0.1, 0.15) is 36.8 Å². The zero-order chi connectivity index (χ0) is 23.7. The largest absolute Gasteiger partial charge is 0.508 e. The van der Waals surface area contributed by atoms with Crippen LogP contribution in [-0.4, -0.2) is 92.9 Å². The predicted octanol–water partition coefficient (Wildman–Crippen LogP) is -1.23. The van der Waals surface area contributed by atoms with E-state index in [1.807, 2.05) is 0 Å². The van der Waals surface area contributed by atoms with Gasteiger partial charge in [0.25, 0.3) is 0 Å². The first-order chi connectivity index (χ1) is 15.8. The molecule has 0 radical (unpaired) electrons. The normalized spacial score (nSPS) is 37.7. The van der Waals surface area contributed by atoms with Gasteiger partial charge in [-0.2, -0.15) is 0 Å². The fourth-order valence-corrected chi connectivity index (χ4v) is 4.11. The molecule has 180 valence electrons. The first kappa shape index (κ1) is 23.6. The lowest BCUT2D eigenvalue weighted by molar-refractivity contribution is -0.339. The van der Waals surface area contributed by atoms with Crippen LogP contribution in [0.5, 0.6) is 5.75 Å². The van der Waals surface area contributed by atoms with E-state index in [2.05, 4.69) is 0 Å². The van der Waals surface area contributed by atoms with Crippen molar-refractivity contribution in [1.29, 1.82) is 0 Å². The van der Waals surface area contributed by atoms with E-state index in [0.29, 0.717) is 5.57 Å². The van der Waals surface area contributed by atoms with Crippen molar-refractivity contribution in [2.24, 2.45) is 11.8 Å². The minimum absolute atomic E-state index is 0.0155. The van der Waals surface area contributed by atoms with E-state index >= 15 is 0 Å². The van der Waals surface area contributed by atoms with Gasteiger partial charge in [0.15, 0.2) is 6.29 Å². The minimum Gasteiger partial charge on any atom is -0.508 e. The monoisotopic (exact) mass is 466 g/mol. The summed E-state index contributed by atoms with van der Waals surface area (Å²) < 4.78 is 21.8. The highest BCUT2D eigenvalue weighted by Crippen LogP contribution is 2.40. The summed E-state index contributed by atoms with van der Waals surface area (Å²) in [5.41, 5.74) is 0.667. The number of carbonyl (C=O) groups is 1. The molecular formula is C22H26O11. The van der Waals surface area contributed by atoms with Gasteiger partial charge < -0.3 is 49.6 Å². The molecule has 0 saturated carbocycles. The van der Waals surface area contributed by atoms with E-state index in [9.17, 15) is 35.4 Å². The van der Waals surface area contributed by atoms with Gasteiger partial charge in [-0.15, -0.1) is 0 Å². The number of hydrogen-bond donors (Lipinski definition) is 6. The standard InChI is InChI=1S/C22H26O11/c23-8-15-17(26)18(27)19(28)22(32-15)33-21-14-7-11(16(25)13(14)5-6-30-21)9-31-20(29)10-1-3-12(24)4-2-10/h1-7,13-19,21-28H,8-9H2. The third kappa shape index (κ3) is 4.75. The molecule has 1 aliphatic carbocycles. The summed E-state index contributed by atoms with van der Waals surface area (Å²) in [4.78, 5) is 12.2. The molecule has 1 aromatic rings. The molecule has 6 N–H and O–H groups in total. The van der Waals surface area contributed by atoms with E-state index < -0.39 is 67.5 Å². The van der Waals surface area contributed by atoms with Crippen molar-refractivity contribution in [3.05, 3.63) is 53.8 Å². The summed E-state index contributed by atoms with van der Waals surface area (Å²) in [5, 5.41) is 59.4. The molecule has 0 bridgehead atoms. The number of aliphatic hydroxyl groups excluding tert-OH is 5. The Labute approximate surface area is 188 Å². The Morgan fingerprint density at radius 2 is 1.70 bits per heavy atom. The first-order valence-corrected chi connectivity index (χ1v) is 10.4. The Balaban J connectivity index is 1.42. The topological polar surface area (TPSA) is 175 Å². The van der Waals surface area contributed by atoms with E-state index in [1.165, 1.54) is 30.5 Å². The molecule has 0 amide bonds. The Morgan fingerprint density at radius 1 is 0.970 bits per heavy atom. The number of fused-ring (bicyclic) bond motifs is 1. The van der Waals surface area contributed by atoms with Crippen LogP contribution in [0.3, 0.4) is 0 Å². The van der Waals surface area contributed by atoms with Gasteiger partial charge in [-0.05, 0) is 35.9 Å². The minimum atomic E-state index is -1.60. The molecule has 1 fully saturated rings. The molecule has 33 heavy (non-hydrogen) atoms. The lowest BCUT2D eigenvalue weighted by atomic mass is 9.91. The molecule has 3 aliphatic rings. The van der Waals surface area contributed by atoms with E-state index in [4.69, 9.17) is 18.9 Å². The first-order valence-electron chi connectivity index (χ1n) is 10.4. The fraction of sp³-hybridized carbons (Fsp3) is 0.500. The molecule has 4 rings (SSSR count). The third-order valence-corrected chi connectivity index (χ3v) is 6.01. The van der Waals surface area contributed by atoms with Gasteiger partial charge in [-0.25, -0.2) is 4.79 Å². The van der Waals surface area contributed by atoms with Crippen LogP contribution in [0.1, 0.15) is 10.4 Å². The van der Waals surface area contributed by atoms with Crippen molar-refractivity contribution < 1.29 is 54.4 Å². The fourth-order valence-electron chi connectivity index (χ4n) is 4.11. The average Bonchev–Trinajstić information content (AvgIpc) is 3.14. The van der Waals surface area contributed by atoms with Crippen LogP contribution in [0.4, 0.5) is 0 Å². The Morgan fingerprint density at radius 3 is 2.39 bits per heavy atom. The lowest BCUT2D eigenvalue weighted by Gasteiger charge is -2.42. The Hall–Kier alpha value is -2.51. The summed E-state index contributed by atoms with van der Waals surface area (Å²) in [7, 11) is 0. The number of phenols is 1. The van der Waals surface area contributed by atoms with E-state index in [1.54, 1.807) is 12.2 Å². The molecule has 1 saturated heterocycles. The second-order valence-corrected chi connectivity index (χ2v) is 8.13.